The van der Waals surface area contributed by atoms with E-state index in [2.05, 4.69) is 15.9 Å². The number of amides is 2. The second-order valence-corrected chi connectivity index (χ2v) is 6.95. The molecule has 0 aromatic carbocycles. The van der Waals surface area contributed by atoms with Crippen LogP contribution < -0.4 is 17.0 Å². The number of nitrogens with zero attached hydrogens (tertiary/aromatic N) is 2. The summed E-state index contributed by atoms with van der Waals surface area (Å²) in [5, 5.41) is 0.384. The second-order valence-electron chi connectivity index (χ2n) is 4.06. The SMILES string of the molecule is O=C(CBr)N1CCN2CC[S+](CC1)CC2=O.[Br-]. The Labute approximate surface area is 123 Å². The van der Waals surface area contributed by atoms with Crippen molar-refractivity contribution in [3.05, 3.63) is 0 Å². The Kier molecular flexibility index (Phi) is 6.30. The normalized spacial score (nSPS) is 24.8. The third-order valence-electron chi connectivity index (χ3n) is 3.09. The molecule has 4 nitrogen and oxygen atoms in total. The van der Waals surface area contributed by atoms with Gasteiger partial charge in [-0.05, 0) is 0 Å². The highest BCUT2D eigenvalue weighted by atomic mass is 79.9. The molecule has 0 aromatic heterocycles. The summed E-state index contributed by atoms with van der Waals surface area (Å²) in [5.41, 5.74) is 0. The molecule has 0 spiro atoms. The highest BCUT2D eigenvalue weighted by molar-refractivity contribution is 9.09. The topological polar surface area (TPSA) is 40.6 Å². The van der Waals surface area contributed by atoms with Gasteiger partial charge in [0.2, 0.25) is 5.91 Å². The maximum Gasteiger partial charge on any atom is 0.272 e. The van der Waals surface area contributed by atoms with Crippen LogP contribution in [0.1, 0.15) is 0 Å². The van der Waals surface area contributed by atoms with Crippen molar-refractivity contribution in [3.63, 3.8) is 0 Å². The fourth-order valence-electron chi connectivity index (χ4n) is 2.04. The van der Waals surface area contributed by atoms with Gasteiger partial charge in [-0.2, -0.15) is 0 Å². The quantitative estimate of drug-likeness (QED) is 0.349. The first-order valence-electron chi connectivity index (χ1n) is 5.46. The lowest BCUT2D eigenvalue weighted by molar-refractivity contribution is -0.131. The molecule has 3 saturated heterocycles. The molecule has 2 bridgehead atoms. The average Bonchev–Trinajstić information content (AvgIpc) is 2.43. The molecule has 0 radical (unpaired) electrons. The van der Waals surface area contributed by atoms with Crippen molar-refractivity contribution in [2.24, 2.45) is 0 Å². The highest BCUT2D eigenvalue weighted by Crippen LogP contribution is 2.12. The number of halogens is 2. The van der Waals surface area contributed by atoms with E-state index in [9.17, 15) is 9.59 Å². The van der Waals surface area contributed by atoms with Crippen LogP contribution >= 0.6 is 15.9 Å². The summed E-state index contributed by atoms with van der Waals surface area (Å²) >= 11 is 3.20. The predicted molar refractivity (Wildman–Crippen MR) is 68.9 cm³/mol. The van der Waals surface area contributed by atoms with Crippen molar-refractivity contribution in [2.45, 2.75) is 0 Å². The lowest BCUT2D eigenvalue weighted by atomic mass is 10.4. The van der Waals surface area contributed by atoms with E-state index in [4.69, 9.17) is 0 Å². The van der Waals surface area contributed by atoms with Crippen LogP contribution in [0.4, 0.5) is 0 Å². The predicted octanol–water partition coefficient (Wildman–Crippen LogP) is -3.31. The fraction of sp³-hybridized carbons (Fsp3) is 0.800. The maximum atomic E-state index is 11.7. The number of rotatable bonds is 1. The van der Waals surface area contributed by atoms with Crippen LogP contribution in [0.15, 0.2) is 0 Å². The summed E-state index contributed by atoms with van der Waals surface area (Å²) in [6.45, 7) is 3.09. The molecule has 3 rings (SSSR count). The highest BCUT2D eigenvalue weighted by Gasteiger charge is 2.35. The zero-order valence-electron chi connectivity index (χ0n) is 9.53. The van der Waals surface area contributed by atoms with Crippen LogP contribution in [0.5, 0.6) is 0 Å². The van der Waals surface area contributed by atoms with Crippen molar-refractivity contribution < 1.29 is 26.6 Å². The van der Waals surface area contributed by atoms with Gasteiger partial charge in [0.15, 0.2) is 5.75 Å². The van der Waals surface area contributed by atoms with E-state index in [1.54, 1.807) is 0 Å². The van der Waals surface area contributed by atoms with Gasteiger partial charge in [-0.25, -0.2) is 0 Å². The number of hydrogen-bond acceptors (Lipinski definition) is 2. The molecule has 1 atom stereocenters. The van der Waals surface area contributed by atoms with Gasteiger partial charge in [0, 0.05) is 24.0 Å². The van der Waals surface area contributed by atoms with Gasteiger partial charge in [0.25, 0.3) is 5.91 Å². The van der Waals surface area contributed by atoms with Crippen LogP contribution in [0.3, 0.4) is 0 Å². The molecule has 3 aliphatic rings. The molecule has 3 heterocycles. The molecule has 0 aromatic rings. The number of carbonyl (C=O) groups excluding carboxylic acids is 2. The molecule has 7 heteroatoms. The Hall–Kier alpha value is 0.250. The number of carbonyl (C=O) groups is 2. The molecule has 98 valence electrons. The van der Waals surface area contributed by atoms with Gasteiger partial charge in [0.1, 0.15) is 11.5 Å². The minimum Gasteiger partial charge on any atom is -1.00 e. The molecular weight excluding hydrogens is 372 g/mol. The first-order chi connectivity index (χ1) is 7.70. The van der Waals surface area contributed by atoms with Crippen molar-refractivity contribution in [1.82, 2.24) is 9.80 Å². The summed E-state index contributed by atoms with van der Waals surface area (Å²) in [4.78, 5) is 27.2. The van der Waals surface area contributed by atoms with Crippen LogP contribution in [-0.4, -0.2) is 70.4 Å². The van der Waals surface area contributed by atoms with Gasteiger partial charge in [0.05, 0.1) is 18.4 Å². The zero-order valence-corrected chi connectivity index (χ0v) is 13.5. The fourth-order valence-corrected chi connectivity index (χ4v) is 4.38. The number of fused-ring (bicyclic) bond motifs is 6. The van der Waals surface area contributed by atoms with E-state index in [1.165, 1.54) is 0 Å². The van der Waals surface area contributed by atoms with Crippen molar-refractivity contribution in [1.29, 1.82) is 0 Å². The molecule has 1 unspecified atom stereocenters. The molecule has 3 fully saturated rings. The largest absolute Gasteiger partial charge is 1.00 e. The maximum absolute atomic E-state index is 11.7. The van der Waals surface area contributed by atoms with Gasteiger partial charge < -0.3 is 26.8 Å². The third kappa shape index (κ3) is 3.86. The first-order valence-corrected chi connectivity index (χ1v) is 8.31. The Morgan fingerprint density at radius 1 is 1.24 bits per heavy atom. The van der Waals surface area contributed by atoms with Crippen LogP contribution in [0.25, 0.3) is 0 Å². The molecule has 0 saturated carbocycles. The molecular formula is C10H16Br2N2O2S. The first kappa shape index (κ1) is 15.3. The third-order valence-corrected chi connectivity index (χ3v) is 5.74. The Balaban J connectivity index is 0.00000144. The van der Waals surface area contributed by atoms with E-state index in [-0.39, 0.29) is 39.7 Å². The van der Waals surface area contributed by atoms with E-state index in [1.807, 2.05) is 9.80 Å². The summed E-state index contributed by atoms with van der Waals surface area (Å²) in [6, 6.07) is 0. The van der Waals surface area contributed by atoms with E-state index in [0.29, 0.717) is 24.2 Å². The van der Waals surface area contributed by atoms with Crippen molar-refractivity contribution in [3.8, 4) is 0 Å². The summed E-state index contributed by atoms with van der Waals surface area (Å²) in [6.07, 6.45) is 0. The van der Waals surface area contributed by atoms with Gasteiger partial charge in [-0.3, -0.25) is 9.59 Å². The van der Waals surface area contributed by atoms with Gasteiger partial charge >= 0.3 is 0 Å². The Morgan fingerprint density at radius 3 is 2.59 bits per heavy atom. The monoisotopic (exact) mass is 386 g/mol. The molecule has 17 heavy (non-hydrogen) atoms. The van der Waals surface area contributed by atoms with Crippen molar-refractivity contribution in [2.75, 3.05) is 48.8 Å². The molecule has 3 aliphatic heterocycles. The average molecular weight is 388 g/mol. The van der Waals surface area contributed by atoms with E-state index >= 15 is 0 Å². The van der Waals surface area contributed by atoms with E-state index in [0.717, 1.165) is 24.6 Å². The second kappa shape index (κ2) is 6.99. The molecule has 0 N–H and O–H groups in total. The number of alkyl halides is 1. The summed E-state index contributed by atoms with van der Waals surface area (Å²) < 4.78 is 0. The molecule has 0 aliphatic carbocycles. The lowest BCUT2D eigenvalue weighted by Crippen LogP contribution is -3.00. The van der Waals surface area contributed by atoms with Gasteiger partial charge in [-0.1, -0.05) is 15.9 Å². The Bertz CT molecular complexity index is 304. The minimum absolute atomic E-state index is 0. The summed E-state index contributed by atoms with van der Waals surface area (Å²) in [7, 11) is 0.205. The molecule has 2 amide bonds. The standard InChI is InChI=1S/C10H16BrN2O2S.BrH/c11-7-9(14)12-1-2-13-4-6-16(5-3-12)8-10(13)15;/h1-8H2;1H/q+1;/p-1. The Morgan fingerprint density at radius 2 is 1.94 bits per heavy atom. The van der Waals surface area contributed by atoms with Crippen LogP contribution in [-0.2, 0) is 20.5 Å². The van der Waals surface area contributed by atoms with E-state index < -0.39 is 0 Å². The summed E-state index contributed by atoms with van der Waals surface area (Å²) in [5.74, 6) is 3.25. The zero-order chi connectivity index (χ0) is 11.5. The smallest absolute Gasteiger partial charge is 0.272 e. The lowest BCUT2D eigenvalue weighted by Gasteiger charge is -2.25. The van der Waals surface area contributed by atoms with Crippen molar-refractivity contribution >= 4 is 38.6 Å². The van der Waals surface area contributed by atoms with Crippen LogP contribution in [0, 0.1) is 0 Å². The minimum atomic E-state index is 0. The van der Waals surface area contributed by atoms with Crippen LogP contribution in [0.2, 0.25) is 0 Å². The number of hydrogen-bond donors (Lipinski definition) is 0. The van der Waals surface area contributed by atoms with Gasteiger partial charge in [-0.15, -0.1) is 0 Å².